The quantitative estimate of drug-likeness (QED) is 0.792. The largest absolute Gasteiger partial charge is 0.317 e. The molecule has 1 unspecified atom stereocenters. The molecule has 80 valence electrons. The molecule has 1 heterocycles. The molecule has 0 aliphatic heterocycles. The van der Waals surface area contributed by atoms with Crippen molar-refractivity contribution in [3.8, 4) is 0 Å². The van der Waals surface area contributed by atoms with Crippen LogP contribution in [0.25, 0.3) is 0 Å². The van der Waals surface area contributed by atoms with Crippen LogP contribution >= 0.6 is 0 Å². The van der Waals surface area contributed by atoms with Crippen molar-refractivity contribution in [3.63, 3.8) is 0 Å². The van der Waals surface area contributed by atoms with Crippen LogP contribution in [-0.4, -0.2) is 22.9 Å². The zero-order valence-electron chi connectivity index (χ0n) is 9.83. The van der Waals surface area contributed by atoms with E-state index in [4.69, 9.17) is 0 Å². The minimum absolute atomic E-state index is 0.511. The summed E-state index contributed by atoms with van der Waals surface area (Å²) in [5.41, 5.74) is 2.72. The molecule has 1 N–H and O–H groups in total. The van der Waals surface area contributed by atoms with Gasteiger partial charge in [0.15, 0.2) is 0 Å². The lowest BCUT2D eigenvalue weighted by Gasteiger charge is -2.13. The molecule has 0 saturated heterocycles. The maximum absolute atomic E-state index is 4.31. The fraction of sp³-hybridized carbons (Fsp3) is 0.727. The molecule has 1 aromatic rings. The lowest BCUT2D eigenvalue weighted by atomic mass is 10.0. The highest BCUT2D eigenvalue weighted by atomic mass is 15.3. The molecular weight excluding hydrogens is 174 g/mol. The molecule has 0 saturated carbocycles. The van der Waals surface area contributed by atoms with Gasteiger partial charge in [-0.15, -0.1) is 0 Å². The van der Waals surface area contributed by atoms with Crippen LogP contribution in [0, 0.1) is 0 Å². The van der Waals surface area contributed by atoms with Gasteiger partial charge < -0.3 is 5.32 Å². The van der Waals surface area contributed by atoms with E-state index in [1.807, 2.05) is 25.0 Å². The molecule has 3 heteroatoms. The first kappa shape index (κ1) is 11.2. The number of nitrogens with zero attached hydrogens (tertiary/aromatic N) is 2. The lowest BCUT2D eigenvalue weighted by molar-refractivity contribution is 0.597. The number of hydrogen-bond donors (Lipinski definition) is 1. The first-order valence-corrected chi connectivity index (χ1v) is 5.24. The number of hydrogen-bond acceptors (Lipinski definition) is 2. The van der Waals surface area contributed by atoms with E-state index in [1.165, 1.54) is 11.3 Å². The number of likely N-dealkylation sites (N-methyl/N-ethyl adjacent to an activating group) is 1. The van der Waals surface area contributed by atoms with E-state index in [2.05, 4.69) is 31.2 Å². The summed E-state index contributed by atoms with van der Waals surface area (Å²) in [6, 6.07) is 0.511. The number of aryl methyl sites for hydroxylation is 1. The standard InChI is InChI=1S/C11H21N3/c1-8(2)11-10(6-9(3)12-4)7-13-14(11)5/h7-9,12H,6H2,1-5H3. The Morgan fingerprint density at radius 1 is 1.43 bits per heavy atom. The number of aromatic nitrogens is 2. The van der Waals surface area contributed by atoms with Crippen molar-refractivity contribution < 1.29 is 0 Å². The molecule has 0 aliphatic rings. The summed E-state index contributed by atoms with van der Waals surface area (Å²) >= 11 is 0. The molecule has 0 fully saturated rings. The molecule has 0 radical (unpaired) electrons. The van der Waals surface area contributed by atoms with Gasteiger partial charge in [0.05, 0.1) is 6.20 Å². The van der Waals surface area contributed by atoms with Gasteiger partial charge in [0.1, 0.15) is 0 Å². The van der Waals surface area contributed by atoms with Crippen LogP contribution in [-0.2, 0) is 13.5 Å². The SMILES string of the molecule is CNC(C)Cc1cnn(C)c1C(C)C. The van der Waals surface area contributed by atoms with Crippen LogP contribution in [0.1, 0.15) is 37.9 Å². The number of nitrogens with one attached hydrogen (secondary N) is 1. The molecule has 0 spiro atoms. The Balaban J connectivity index is 2.86. The minimum Gasteiger partial charge on any atom is -0.317 e. The Bertz CT molecular complexity index is 289. The summed E-state index contributed by atoms with van der Waals surface area (Å²) in [4.78, 5) is 0. The van der Waals surface area contributed by atoms with Crippen LogP contribution in [0.3, 0.4) is 0 Å². The predicted octanol–water partition coefficient (Wildman–Crippen LogP) is 1.69. The zero-order chi connectivity index (χ0) is 10.7. The second-order valence-corrected chi connectivity index (χ2v) is 4.23. The molecule has 1 atom stereocenters. The monoisotopic (exact) mass is 195 g/mol. The fourth-order valence-electron chi connectivity index (χ4n) is 1.83. The Morgan fingerprint density at radius 2 is 2.07 bits per heavy atom. The summed E-state index contributed by atoms with van der Waals surface area (Å²) < 4.78 is 1.99. The van der Waals surface area contributed by atoms with Gasteiger partial charge in [0.2, 0.25) is 0 Å². The maximum atomic E-state index is 4.31. The highest BCUT2D eigenvalue weighted by Crippen LogP contribution is 2.19. The summed E-state index contributed by atoms with van der Waals surface area (Å²) in [6.45, 7) is 6.62. The third-order valence-corrected chi connectivity index (χ3v) is 2.63. The van der Waals surface area contributed by atoms with Crippen molar-refractivity contribution >= 4 is 0 Å². The normalized spacial score (nSPS) is 13.6. The molecule has 1 aromatic heterocycles. The lowest BCUT2D eigenvalue weighted by Crippen LogP contribution is -2.24. The van der Waals surface area contributed by atoms with Crippen LogP contribution < -0.4 is 5.32 Å². The van der Waals surface area contributed by atoms with E-state index >= 15 is 0 Å². The van der Waals surface area contributed by atoms with Gasteiger partial charge in [0.25, 0.3) is 0 Å². The second-order valence-electron chi connectivity index (χ2n) is 4.23. The Hall–Kier alpha value is -0.830. The van der Waals surface area contributed by atoms with Gasteiger partial charge in [-0.1, -0.05) is 13.8 Å². The topological polar surface area (TPSA) is 29.9 Å². The summed E-state index contributed by atoms with van der Waals surface area (Å²) in [6.07, 6.45) is 3.04. The van der Waals surface area contributed by atoms with Crippen LogP contribution in [0.2, 0.25) is 0 Å². The summed E-state index contributed by atoms with van der Waals surface area (Å²) in [5.74, 6) is 0.543. The van der Waals surface area contributed by atoms with Crippen molar-refractivity contribution in [3.05, 3.63) is 17.5 Å². The average Bonchev–Trinajstić information content (AvgIpc) is 2.46. The highest BCUT2D eigenvalue weighted by Gasteiger charge is 2.13. The maximum Gasteiger partial charge on any atom is 0.0525 e. The highest BCUT2D eigenvalue weighted by molar-refractivity contribution is 5.21. The van der Waals surface area contributed by atoms with E-state index in [1.54, 1.807) is 0 Å². The molecule has 1 rings (SSSR count). The van der Waals surface area contributed by atoms with Gasteiger partial charge in [-0.25, -0.2) is 0 Å². The predicted molar refractivity (Wildman–Crippen MR) is 59.5 cm³/mol. The van der Waals surface area contributed by atoms with Crippen LogP contribution in [0.15, 0.2) is 6.20 Å². The molecule has 0 aromatic carbocycles. The van der Waals surface area contributed by atoms with E-state index < -0.39 is 0 Å². The van der Waals surface area contributed by atoms with Crippen molar-refractivity contribution in [1.82, 2.24) is 15.1 Å². The molecule has 0 amide bonds. The fourth-order valence-corrected chi connectivity index (χ4v) is 1.83. The third kappa shape index (κ3) is 2.35. The van der Waals surface area contributed by atoms with Crippen LogP contribution in [0.4, 0.5) is 0 Å². The zero-order valence-corrected chi connectivity index (χ0v) is 9.83. The van der Waals surface area contributed by atoms with Gasteiger partial charge in [0, 0.05) is 18.8 Å². The Labute approximate surface area is 86.5 Å². The Morgan fingerprint density at radius 3 is 2.57 bits per heavy atom. The van der Waals surface area contributed by atoms with Crippen LogP contribution in [0.5, 0.6) is 0 Å². The summed E-state index contributed by atoms with van der Waals surface area (Å²) in [5, 5.41) is 7.57. The second kappa shape index (κ2) is 4.60. The molecule has 0 bridgehead atoms. The molecular formula is C11H21N3. The first-order valence-electron chi connectivity index (χ1n) is 5.24. The van der Waals surface area contributed by atoms with Gasteiger partial charge in [-0.05, 0) is 31.9 Å². The van der Waals surface area contributed by atoms with Gasteiger partial charge in [-0.2, -0.15) is 5.10 Å². The Kier molecular flexibility index (Phi) is 3.69. The third-order valence-electron chi connectivity index (χ3n) is 2.63. The van der Waals surface area contributed by atoms with Crippen molar-refractivity contribution in [2.24, 2.45) is 7.05 Å². The van der Waals surface area contributed by atoms with Crippen molar-refractivity contribution in [2.75, 3.05) is 7.05 Å². The van der Waals surface area contributed by atoms with E-state index in [-0.39, 0.29) is 0 Å². The van der Waals surface area contributed by atoms with E-state index in [9.17, 15) is 0 Å². The molecule has 14 heavy (non-hydrogen) atoms. The summed E-state index contributed by atoms with van der Waals surface area (Å²) in [7, 11) is 4.01. The first-order chi connectivity index (χ1) is 6.56. The molecule has 0 aliphatic carbocycles. The smallest absolute Gasteiger partial charge is 0.0525 e. The van der Waals surface area contributed by atoms with E-state index in [0.29, 0.717) is 12.0 Å². The minimum atomic E-state index is 0.511. The van der Waals surface area contributed by atoms with E-state index in [0.717, 1.165) is 6.42 Å². The molecule has 3 nitrogen and oxygen atoms in total. The number of rotatable bonds is 4. The van der Waals surface area contributed by atoms with Gasteiger partial charge >= 0.3 is 0 Å². The van der Waals surface area contributed by atoms with Crippen molar-refractivity contribution in [2.45, 2.75) is 39.2 Å². The van der Waals surface area contributed by atoms with Gasteiger partial charge in [-0.3, -0.25) is 4.68 Å². The average molecular weight is 195 g/mol. The van der Waals surface area contributed by atoms with Crippen molar-refractivity contribution in [1.29, 1.82) is 0 Å².